The molecule has 0 unspecified atom stereocenters. The highest BCUT2D eigenvalue weighted by Gasteiger charge is 2.15. The molecule has 2 N–H and O–H groups in total. The molecule has 146 valence electrons. The van der Waals surface area contributed by atoms with Gasteiger partial charge in [0.25, 0.3) is 0 Å². The van der Waals surface area contributed by atoms with Crippen LogP contribution in [0.3, 0.4) is 0 Å². The van der Waals surface area contributed by atoms with Crippen molar-refractivity contribution >= 4 is 38.8 Å². The lowest BCUT2D eigenvalue weighted by Crippen LogP contribution is -1.85. The number of fused-ring (bicyclic) bond motifs is 2. The zero-order valence-electron chi connectivity index (χ0n) is 16.4. The van der Waals surface area contributed by atoms with Gasteiger partial charge >= 0.3 is 0 Å². The number of nitrogens with zero attached hydrogens (tertiary/aromatic N) is 3. The van der Waals surface area contributed by atoms with Crippen molar-refractivity contribution in [3.8, 4) is 22.0 Å². The molecule has 30 heavy (non-hydrogen) atoms. The Bertz CT molecular complexity index is 1420. The van der Waals surface area contributed by atoms with Crippen molar-refractivity contribution < 1.29 is 0 Å². The molecule has 0 aliphatic heterocycles. The molecular weight excluding hydrogens is 390 g/mol. The minimum atomic E-state index is 0.687. The molecule has 0 atom stereocenters. The van der Waals surface area contributed by atoms with E-state index in [1.807, 2.05) is 43.6 Å². The smallest absolute Gasteiger partial charge is 0.181 e. The Morgan fingerprint density at radius 3 is 2.90 bits per heavy atom. The fourth-order valence-corrected chi connectivity index (χ4v) is 4.33. The van der Waals surface area contributed by atoms with Crippen molar-refractivity contribution in [3.05, 3.63) is 84.6 Å². The molecule has 5 heterocycles. The second-order valence-electron chi connectivity index (χ2n) is 6.81. The summed E-state index contributed by atoms with van der Waals surface area (Å²) in [5, 5.41) is 11.7. The first-order chi connectivity index (χ1) is 14.8. The van der Waals surface area contributed by atoms with E-state index in [4.69, 9.17) is 0 Å². The zero-order valence-corrected chi connectivity index (χ0v) is 17.2. The van der Waals surface area contributed by atoms with Crippen molar-refractivity contribution in [2.75, 3.05) is 0 Å². The maximum absolute atomic E-state index is 4.61. The zero-order chi connectivity index (χ0) is 20.5. The fourth-order valence-electron chi connectivity index (χ4n) is 3.59. The number of rotatable bonds is 5. The number of aromatic nitrogens is 5. The Morgan fingerprint density at radius 1 is 1.17 bits per heavy atom. The number of H-pyrrole nitrogens is 2. The van der Waals surface area contributed by atoms with E-state index in [1.54, 1.807) is 17.4 Å². The molecule has 0 amide bonds. The Hall–Kier alpha value is -3.77. The number of hydrogen-bond acceptors (Lipinski definition) is 4. The molecule has 5 rings (SSSR count). The van der Waals surface area contributed by atoms with Crippen LogP contribution in [-0.4, -0.2) is 25.1 Å². The highest BCUT2D eigenvalue weighted by molar-refractivity contribution is 7.13. The van der Waals surface area contributed by atoms with Gasteiger partial charge in [-0.2, -0.15) is 5.10 Å². The van der Waals surface area contributed by atoms with Crippen LogP contribution in [0, 0.1) is 0 Å². The van der Waals surface area contributed by atoms with Crippen LogP contribution in [0.5, 0.6) is 0 Å². The van der Waals surface area contributed by atoms with E-state index in [0.717, 1.165) is 49.4 Å². The van der Waals surface area contributed by atoms with Crippen molar-refractivity contribution in [2.24, 2.45) is 0 Å². The minimum absolute atomic E-state index is 0.687. The van der Waals surface area contributed by atoms with E-state index in [2.05, 4.69) is 61.4 Å². The number of nitrogens with one attached hydrogen (secondary N) is 2. The second-order valence-corrected chi connectivity index (χ2v) is 7.76. The van der Waals surface area contributed by atoms with E-state index in [9.17, 15) is 0 Å². The third-order valence-corrected chi connectivity index (χ3v) is 5.91. The van der Waals surface area contributed by atoms with Crippen molar-refractivity contribution in [1.82, 2.24) is 25.1 Å². The average molecular weight is 410 g/mol. The predicted molar refractivity (Wildman–Crippen MR) is 125 cm³/mol. The molecule has 0 aliphatic rings. The van der Waals surface area contributed by atoms with Gasteiger partial charge in [-0.1, -0.05) is 36.9 Å². The summed E-state index contributed by atoms with van der Waals surface area (Å²) in [6, 6.07) is 10.4. The lowest BCUT2D eigenvalue weighted by molar-refractivity contribution is 1.10. The van der Waals surface area contributed by atoms with Crippen LogP contribution in [0.25, 0.3) is 49.5 Å². The first-order valence-corrected chi connectivity index (χ1v) is 10.5. The van der Waals surface area contributed by atoms with Gasteiger partial charge in [0.1, 0.15) is 0 Å². The quantitative estimate of drug-likeness (QED) is 0.331. The number of thiophene rings is 1. The summed E-state index contributed by atoms with van der Waals surface area (Å²) in [4.78, 5) is 13.8. The SMILES string of the molecule is C=C/C=C\C(=C/C)c1cnc2n[nH]c(-c3cc4c(-c5cccs5)nccc4[nH]3)c2c1. The summed E-state index contributed by atoms with van der Waals surface area (Å²) >= 11 is 1.69. The Balaban J connectivity index is 1.65. The van der Waals surface area contributed by atoms with Crippen LogP contribution in [0.2, 0.25) is 0 Å². The molecular formula is C24H19N5S. The molecule has 0 bridgehead atoms. The predicted octanol–water partition coefficient (Wildman–Crippen LogP) is 6.38. The molecule has 0 aliphatic carbocycles. The maximum atomic E-state index is 4.61. The van der Waals surface area contributed by atoms with Gasteiger partial charge < -0.3 is 4.98 Å². The molecule has 5 aromatic heterocycles. The monoisotopic (exact) mass is 409 g/mol. The third kappa shape index (κ3) is 3.07. The van der Waals surface area contributed by atoms with E-state index >= 15 is 0 Å². The summed E-state index contributed by atoms with van der Waals surface area (Å²) < 4.78 is 0. The first-order valence-electron chi connectivity index (χ1n) is 9.60. The lowest BCUT2D eigenvalue weighted by atomic mass is 10.0. The van der Waals surface area contributed by atoms with Crippen LogP contribution in [0.1, 0.15) is 12.5 Å². The highest BCUT2D eigenvalue weighted by Crippen LogP contribution is 2.34. The third-order valence-electron chi connectivity index (χ3n) is 5.04. The summed E-state index contributed by atoms with van der Waals surface area (Å²) in [6.45, 7) is 5.76. The van der Waals surface area contributed by atoms with E-state index in [-0.39, 0.29) is 0 Å². The normalized spacial score (nSPS) is 12.4. The Labute approximate surface area is 177 Å². The summed E-state index contributed by atoms with van der Waals surface area (Å²) in [7, 11) is 0. The van der Waals surface area contributed by atoms with Crippen LogP contribution >= 0.6 is 11.3 Å². The van der Waals surface area contributed by atoms with Crippen LogP contribution in [0.15, 0.2) is 79.0 Å². The van der Waals surface area contributed by atoms with Gasteiger partial charge in [-0.15, -0.1) is 11.3 Å². The van der Waals surface area contributed by atoms with Crippen LogP contribution < -0.4 is 0 Å². The molecule has 0 radical (unpaired) electrons. The first kappa shape index (κ1) is 18.3. The number of pyridine rings is 2. The molecule has 0 spiro atoms. The van der Waals surface area contributed by atoms with Crippen LogP contribution in [0.4, 0.5) is 0 Å². The number of allylic oxidation sites excluding steroid dienone is 5. The van der Waals surface area contributed by atoms with Gasteiger partial charge in [0.15, 0.2) is 5.65 Å². The summed E-state index contributed by atoms with van der Waals surface area (Å²) in [6.07, 6.45) is 11.5. The van der Waals surface area contributed by atoms with Crippen molar-refractivity contribution in [1.29, 1.82) is 0 Å². The minimum Gasteiger partial charge on any atom is -0.353 e. The Morgan fingerprint density at radius 2 is 2.10 bits per heavy atom. The van der Waals surface area contributed by atoms with E-state index in [0.29, 0.717) is 5.65 Å². The van der Waals surface area contributed by atoms with Gasteiger partial charge in [-0.05, 0) is 42.1 Å². The Kier molecular flexibility index (Phi) is 4.61. The summed E-state index contributed by atoms with van der Waals surface area (Å²) in [5.41, 5.74) is 6.70. The fraction of sp³-hybridized carbons (Fsp3) is 0.0417. The van der Waals surface area contributed by atoms with Gasteiger partial charge in [-0.3, -0.25) is 10.1 Å². The maximum Gasteiger partial charge on any atom is 0.181 e. The summed E-state index contributed by atoms with van der Waals surface area (Å²) in [5.74, 6) is 0. The van der Waals surface area contributed by atoms with Gasteiger partial charge in [0, 0.05) is 34.2 Å². The van der Waals surface area contributed by atoms with E-state index in [1.165, 1.54) is 0 Å². The second kappa shape index (κ2) is 7.57. The standard InChI is InChI=1S/C24H19N5S/c1-3-5-7-15(4-2)16-12-18-22(28-29-24(18)26-14-16)20-13-17-19(27-20)9-10-25-23(17)21-8-6-11-30-21/h3-14,27H,1H2,2H3,(H,26,28,29)/b7-5-,15-4+. The highest BCUT2D eigenvalue weighted by atomic mass is 32.1. The number of aromatic amines is 2. The van der Waals surface area contributed by atoms with Crippen molar-refractivity contribution in [2.45, 2.75) is 6.92 Å². The van der Waals surface area contributed by atoms with Gasteiger partial charge in [0.05, 0.1) is 22.0 Å². The van der Waals surface area contributed by atoms with Crippen molar-refractivity contribution in [3.63, 3.8) is 0 Å². The topological polar surface area (TPSA) is 70.2 Å². The van der Waals surface area contributed by atoms with Gasteiger partial charge in [0.2, 0.25) is 0 Å². The molecule has 0 aromatic carbocycles. The largest absolute Gasteiger partial charge is 0.353 e. The van der Waals surface area contributed by atoms with Crippen LogP contribution in [-0.2, 0) is 0 Å². The van der Waals surface area contributed by atoms with E-state index < -0.39 is 0 Å². The average Bonchev–Trinajstić information content (AvgIpc) is 3.52. The van der Waals surface area contributed by atoms with Gasteiger partial charge in [-0.25, -0.2) is 4.98 Å². The molecule has 0 saturated heterocycles. The molecule has 0 saturated carbocycles. The molecule has 6 heteroatoms. The molecule has 5 aromatic rings. The molecule has 5 nitrogen and oxygen atoms in total. The lowest BCUT2D eigenvalue weighted by Gasteiger charge is -2.02. The number of hydrogen-bond donors (Lipinski definition) is 2. The molecule has 0 fully saturated rings.